The van der Waals surface area contributed by atoms with Crippen LogP contribution < -0.4 is 5.32 Å². The fraction of sp³-hybridized carbons (Fsp3) is 0.462. The maximum atomic E-state index is 4.58. The summed E-state index contributed by atoms with van der Waals surface area (Å²) in [5.41, 5.74) is 1.94. The maximum absolute atomic E-state index is 4.58. The smallest absolute Gasteiger partial charge is 0.165 e. The van der Waals surface area contributed by atoms with Gasteiger partial charge in [-0.2, -0.15) is 5.10 Å². The molecule has 2 rings (SSSR count). The average Bonchev–Trinajstić information content (AvgIpc) is 2.84. The minimum absolute atomic E-state index is 0.340. The molecule has 5 nitrogen and oxygen atoms in total. The molecule has 0 aromatic carbocycles. The Morgan fingerprint density at radius 1 is 1.37 bits per heavy atom. The number of halogens is 1. The molecule has 19 heavy (non-hydrogen) atoms. The number of hydrogen-bond acceptors (Lipinski definition) is 4. The zero-order valence-corrected chi connectivity index (χ0v) is 13.8. The molecule has 0 atom stereocenters. The maximum Gasteiger partial charge on any atom is 0.165 e. The first kappa shape index (κ1) is 14.2. The highest BCUT2D eigenvalue weighted by atomic mass is 127. The van der Waals surface area contributed by atoms with Gasteiger partial charge in [-0.25, -0.2) is 9.97 Å². The van der Waals surface area contributed by atoms with Crippen molar-refractivity contribution in [3.63, 3.8) is 0 Å². The number of hydrogen-bond donors (Lipinski definition) is 1. The lowest BCUT2D eigenvalue weighted by molar-refractivity contribution is 0.532. The lowest BCUT2D eigenvalue weighted by atomic mass is 10.3. The Bertz CT molecular complexity index is 576. The third-order valence-corrected chi connectivity index (χ3v) is 4.04. The van der Waals surface area contributed by atoms with Crippen molar-refractivity contribution in [1.82, 2.24) is 19.7 Å². The summed E-state index contributed by atoms with van der Waals surface area (Å²) >= 11 is 2.27. The van der Waals surface area contributed by atoms with Gasteiger partial charge >= 0.3 is 0 Å². The van der Waals surface area contributed by atoms with E-state index in [4.69, 9.17) is 0 Å². The molecule has 6 heteroatoms. The van der Waals surface area contributed by atoms with Crippen molar-refractivity contribution in [1.29, 1.82) is 0 Å². The van der Waals surface area contributed by atoms with E-state index < -0.39 is 0 Å². The monoisotopic (exact) mass is 371 g/mol. The van der Waals surface area contributed by atoms with Crippen LogP contribution in [0.2, 0.25) is 0 Å². The van der Waals surface area contributed by atoms with Gasteiger partial charge < -0.3 is 5.32 Å². The predicted molar refractivity (Wildman–Crippen MR) is 85.3 cm³/mol. The van der Waals surface area contributed by atoms with Crippen LogP contribution in [0.5, 0.6) is 0 Å². The SMILES string of the molecule is CCNc1nc(-c2cnn(C(C)C)c2)nc(C)c1I. The zero-order valence-electron chi connectivity index (χ0n) is 11.6. The molecule has 2 aromatic heterocycles. The van der Waals surface area contributed by atoms with Crippen LogP contribution >= 0.6 is 22.6 Å². The van der Waals surface area contributed by atoms with Crippen LogP contribution in [-0.2, 0) is 0 Å². The van der Waals surface area contributed by atoms with E-state index in [9.17, 15) is 0 Å². The minimum Gasteiger partial charge on any atom is -0.369 e. The van der Waals surface area contributed by atoms with E-state index >= 15 is 0 Å². The Hall–Kier alpha value is -1.18. The van der Waals surface area contributed by atoms with Gasteiger partial charge in [-0.05, 0) is 50.3 Å². The van der Waals surface area contributed by atoms with Crippen molar-refractivity contribution in [2.45, 2.75) is 33.7 Å². The number of nitrogens with zero attached hydrogens (tertiary/aromatic N) is 4. The van der Waals surface area contributed by atoms with Crippen LogP contribution in [0.3, 0.4) is 0 Å². The van der Waals surface area contributed by atoms with Gasteiger partial charge in [0.2, 0.25) is 0 Å². The Labute approximate surface area is 127 Å². The second-order valence-electron chi connectivity index (χ2n) is 4.63. The highest BCUT2D eigenvalue weighted by Gasteiger charge is 2.12. The third-order valence-electron chi connectivity index (χ3n) is 2.75. The van der Waals surface area contributed by atoms with Gasteiger partial charge in [0, 0.05) is 18.8 Å². The summed E-state index contributed by atoms with van der Waals surface area (Å²) in [6.45, 7) is 9.10. The van der Waals surface area contributed by atoms with Gasteiger partial charge in [-0.3, -0.25) is 4.68 Å². The molecule has 2 heterocycles. The molecular formula is C13H18IN5. The molecule has 0 aliphatic rings. The molecular weight excluding hydrogens is 353 g/mol. The number of rotatable bonds is 4. The Kier molecular flexibility index (Phi) is 4.38. The molecule has 0 spiro atoms. The molecule has 0 amide bonds. The summed E-state index contributed by atoms with van der Waals surface area (Å²) in [6.07, 6.45) is 3.80. The molecule has 0 fully saturated rings. The van der Waals surface area contributed by atoms with Crippen molar-refractivity contribution in [3.05, 3.63) is 21.7 Å². The van der Waals surface area contributed by atoms with Crippen LogP contribution in [0.4, 0.5) is 5.82 Å². The van der Waals surface area contributed by atoms with Crippen molar-refractivity contribution in [2.24, 2.45) is 0 Å². The van der Waals surface area contributed by atoms with E-state index in [1.165, 1.54) is 0 Å². The van der Waals surface area contributed by atoms with Crippen molar-refractivity contribution < 1.29 is 0 Å². The second kappa shape index (κ2) is 5.85. The van der Waals surface area contributed by atoms with E-state index in [1.54, 1.807) is 0 Å². The molecule has 102 valence electrons. The largest absolute Gasteiger partial charge is 0.369 e. The summed E-state index contributed by atoms with van der Waals surface area (Å²) in [5.74, 6) is 1.61. The summed E-state index contributed by atoms with van der Waals surface area (Å²) < 4.78 is 2.98. The van der Waals surface area contributed by atoms with Gasteiger partial charge in [-0.1, -0.05) is 0 Å². The van der Waals surface area contributed by atoms with Crippen molar-refractivity contribution >= 4 is 28.4 Å². The summed E-state index contributed by atoms with van der Waals surface area (Å²) in [4.78, 5) is 9.13. The topological polar surface area (TPSA) is 55.6 Å². The molecule has 0 radical (unpaired) electrons. The second-order valence-corrected chi connectivity index (χ2v) is 5.71. The molecule has 0 aliphatic heterocycles. The summed E-state index contributed by atoms with van der Waals surface area (Å²) in [5, 5.41) is 7.60. The van der Waals surface area contributed by atoms with Crippen molar-refractivity contribution in [2.75, 3.05) is 11.9 Å². The van der Waals surface area contributed by atoms with Gasteiger partial charge in [0.25, 0.3) is 0 Å². The fourth-order valence-corrected chi connectivity index (χ4v) is 2.14. The summed E-state index contributed by atoms with van der Waals surface area (Å²) in [7, 11) is 0. The van der Waals surface area contributed by atoms with E-state index in [0.29, 0.717) is 6.04 Å². The standard InChI is InChI=1S/C13H18IN5/c1-5-15-13-11(14)9(4)17-12(18-13)10-6-16-19(7-10)8(2)3/h6-8H,5H2,1-4H3,(H,15,17,18). The lowest BCUT2D eigenvalue weighted by Gasteiger charge is -2.09. The van der Waals surface area contributed by atoms with E-state index in [-0.39, 0.29) is 0 Å². The van der Waals surface area contributed by atoms with Gasteiger partial charge in [0.15, 0.2) is 5.82 Å². The molecule has 0 saturated carbocycles. The first-order valence-corrected chi connectivity index (χ1v) is 7.43. The third kappa shape index (κ3) is 3.05. The van der Waals surface area contributed by atoms with E-state index in [0.717, 1.165) is 33.0 Å². The van der Waals surface area contributed by atoms with Crippen LogP contribution in [-0.4, -0.2) is 26.3 Å². The van der Waals surface area contributed by atoms with E-state index in [1.807, 2.05) is 24.0 Å². The van der Waals surface area contributed by atoms with Crippen molar-refractivity contribution in [3.8, 4) is 11.4 Å². The number of aryl methyl sites for hydroxylation is 1. The Morgan fingerprint density at radius 3 is 2.68 bits per heavy atom. The first-order chi connectivity index (χ1) is 9.02. The van der Waals surface area contributed by atoms with Crippen LogP contribution in [0.15, 0.2) is 12.4 Å². The molecule has 0 unspecified atom stereocenters. The van der Waals surface area contributed by atoms with Gasteiger partial charge in [0.05, 0.1) is 21.0 Å². The number of anilines is 1. The lowest BCUT2D eigenvalue weighted by Crippen LogP contribution is -2.06. The Balaban J connectivity index is 2.43. The molecule has 0 aliphatic carbocycles. The molecule has 0 bridgehead atoms. The summed E-state index contributed by atoms with van der Waals surface area (Å²) in [6, 6.07) is 0.340. The Morgan fingerprint density at radius 2 is 2.11 bits per heavy atom. The predicted octanol–water partition coefficient (Wildman–Crippen LogP) is 3.27. The van der Waals surface area contributed by atoms with Crippen LogP contribution in [0.1, 0.15) is 32.5 Å². The fourth-order valence-electron chi connectivity index (χ4n) is 1.71. The first-order valence-electron chi connectivity index (χ1n) is 6.35. The minimum atomic E-state index is 0.340. The zero-order chi connectivity index (χ0) is 14.0. The van der Waals surface area contributed by atoms with Crippen LogP contribution in [0, 0.1) is 10.5 Å². The molecule has 0 saturated heterocycles. The highest BCUT2D eigenvalue weighted by Crippen LogP contribution is 2.23. The normalized spacial score (nSPS) is 11.1. The number of nitrogens with one attached hydrogen (secondary N) is 1. The van der Waals surface area contributed by atoms with Gasteiger partial charge in [-0.15, -0.1) is 0 Å². The van der Waals surface area contributed by atoms with Gasteiger partial charge in [0.1, 0.15) is 5.82 Å². The van der Waals surface area contributed by atoms with Crippen LogP contribution in [0.25, 0.3) is 11.4 Å². The average molecular weight is 371 g/mol. The molecule has 1 N–H and O–H groups in total. The number of aromatic nitrogens is 4. The highest BCUT2D eigenvalue weighted by molar-refractivity contribution is 14.1. The molecule has 2 aromatic rings. The quantitative estimate of drug-likeness (QED) is 0.839. The van der Waals surface area contributed by atoms with E-state index in [2.05, 4.69) is 63.7 Å².